The second kappa shape index (κ2) is 5.17. The van der Waals surface area contributed by atoms with Gasteiger partial charge in [-0.15, -0.1) is 11.8 Å². The first-order valence-electron chi connectivity index (χ1n) is 6.29. The summed E-state index contributed by atoms with van der Waals surface area (Å²) in [5, 5.41) is 0.532. The van der Waals surface area contributed by atoms with Crippen LogP contribution in [0.3, 0.4) is 0 Å². The maximum Gasteiger partial charge on any atom is 0.176 e. The molecule has 0 bridgehead atoms. The maximum absolute atomic E-state index is 12.5. The average Bonchev–Trinajstić information content (AvgIpc) is 2.85. The highest BCUT2D eigenvalue weighted by atomic mass is 32.2. The second-order valence-corrected chi connectivity index (χ2v) is 7.39. The van der Waals surface area contributed by atoms with E-state index in [4.69, 9.17) is 4.74 Å². The van der Waals surface area contributed by atoms with Crippen LogP contribution >= 0.6 is 23.5 Å². The number of carbonyl (C=O) groups is 1. The number of ether oxygens (including phenoxy) is 1. The third kappa shape index (κ3) is 2.28. The fraction of sp³-hybridized carbons (Fsp3) is 0.500. The number of Topliss-reactive ketones (excluding diaryl/α,β-unsaturated/α-hetero) is 1. The molecule has 1 fully saturated rings. The van der Waals surface area contributed by atoms with Gasteiger partial charge in [-0.25, -0.2) is 0 Å². The smallest absolute Gasteiger partial charge is 0.176 e. The minimum Gasteiger partial charge on any atom is -0.493 e. The molecule has 4 heteroatoms. The fourth-order valence-electron chi connectivity index (χ4n) is 2.42. The minimum atomic E-state index is 0.115. The first-order valence-corrected chi connectivity index (χ1v) is 8.38. The van der Waals surface area contributed by atoms with Crippen LogP contribution in [0.4, 0.5) is 0 Å². The predicted octanol–water partition coefficient (Wildman–Crippen LogP) is 3.04. The van der Waals surface area contributed by atoms with Crippen molar-refractivity contribution < 1.29 is 9.53 Å². The zero-order chi connectivity index (χ0) is 12.5. The molecule has 2 heterocycles. The Morgan fingerprint density at radius 3 is 3.00 bits per heavy atom. The van der Waals surface area contributed by atoms with Gasteiger partial charge in [-0.3, -0.25) is 4.79 Å². The average molecular weight is 280 g/mol. The summed E-state index contributed by atoms with van der Waals surface area (Å²) in [5.41, 5.74) is 2.04. The molecule has 2 atom stereocenters. The van der Waals surface area contributed by atoms with Gasteiger partial charge in [0.2, 0.25) is 0 Å². The molecule has 0 aliphatic carbocycles. The predicted molar refractivity (Wildman–Crippen MR) is 78.1 cm³/mol. The van der Waals surface area contributed by atoms with Crippen molar-refractivity contribution in [3.05, 3.63) is 29.3 Å². The summed E-state index contributed by atoms with van der Waals surface area (Å²) >= 11 is 3.71. The standard InChI is InChI=1S/C14H16O2S2/c1-9-14(18-7-6-17-9)13(15)11-2-3-12-10(8-11)4-5-16-12/h2-3,8-9,14H,4-7H2,1H3. The molecule has 18 heavy (non-hydrogen) atoms. The van der Waals surface area contributed by atoms with Crippen LogP contribution in [0.1, 0.15) is 22.8 Å². The third-order valence-corrected chi connectivity index (χ3v) is 6.51. The van der Waals surface area contributed by atoms with Crippen LogP contribution in [0.25, 0.3) is 0 Å². The highest BCUT2D eigenvalue weighted by Gasteiger charge is 2.30. The second-order valence-electron chi connectivity index (χ2n) is 4.65. The van der Waals surface area contributed by atoms with Crippen LogP contribution in [-0.4, -0.2) is 34.4 Å². The van der Waals surface area contributed by atoms with E-state index < -0.39 is 0 Å². The van der Waals surface area contributed by atoms with E-state index in [0.29, 0.717) is 5.25 Å². The summed E-state index contributed by atoms with van der Waals surface area (Å²) in [6, 6.07) is 5.89. The third-order valence-electron chi connectivity index (χ3n) is 3.42. The monoisotopic (exact) mass is 280 g/mol. The van der Waals surface area contributed by atoms with Gasteiger partial charge in [-0.05, 0) is 23.8 Å². The SMILES string of the molecule is CC1SCCSC1C(=O)c1ccc2c(c1)CCO2. The first kappa shape index (κ1) is 12.4. The molecule has 0 aromatic heterocycles. The van der Waals surface area contributed by atoms with Crippen molar-refractivity contribution in [1.82, 2.24) is 0 Å². The van der Waals surface area contributed by atoms with Crippen molar-refractivity contribution in [3.8, 4) is 5.75 Å². The Labute approximate surface area is 116 Å². The molecule has 0 spiro atoms. The number of benzene rings is 1. The summed E-state index contributed by atoms with van der Waals surface area (Å²) in [7, 11) is 0. The lowest BCUT2D eigenvalue weighted by atomic mass is 10.0. The summed E-state index contributed by atoms with van der Waals surface area (Å²) in [6.07, 6.45) is 0.929. The van der Waals surface area contributed by atoms with Crippen LogP contribution in [0.2, 0.25) is 0 Å². The molecule has 3 rings (SSSR count). The Bertz CT molecular complexity index is 473. The van der Waals surface area contributed by atoms with Crippen molar-refractivity contribution in [2.75, 3.05) is 18.1 Å². The van der Waals surface area contributed by atoms with E-state index in [2.05, 4.69) is 6.92 Å². The number of carbonyl (C=O) groups excluding carboxylic acids is 1. The number of thioether (sulfide) groups is 2. The van der Waals surface area contributed by atoms with Crippen LogP contribution in [0.15, 0.2) is 18.2 Å². The van der Waals surface area contributed by atoms with Crippen LogP contribution in [0, 0.1) is 0 Å². The Morgan fingerprint density at radius 2 is 2.17 bits per heavy atom. The molecule has 2 nitrogen and oxygen atoms in total. The van der Waals surface area contributed by atoms with Gasteiger partial charge in [-0.1, -0.05) is 6.92 Å². The Balaban J connectivity index is 1.83. The topological polar surface area (TPSA) is 26.3 Å². The normalized spacial score (nSPS) is 26.5. The van der Waals surface area contributed by atoms with E-state index in [1.165, 1.54) is 5.56 Å². The van der Waals surface area contributed by atoms with Crippen molar-refractivity contribution in [2.24, 2.45) is 0 Å². The van der Waals surface area contributed by atoms with E-state index in [9.17, 15) is 4.79 Å². The summed E-state index contributed by atoms with van der Waals surface area (Å²) in [6.45, 7) is 2.91. The first-order chi connectivity index (χ1) is 8.75. The van der Waals surface area contributed by atoms with E-state index in [1.54, 1.807) is 11.8 Å². The van der Waals surface area contributed by atoms with Crippen molar-refractivity contribution in [3.63, 3.8) is 0 Å². The molecule has 2 unspecified atom stereocenters. The van der Waals surface area contributed by atoms with Gasteiger partial charge in [0.05, 0.1) is 11.9 Å². The number of rotatable bonds is 2. The zero-order valence-corrected chi connectivity index (χ0v) is 12.0. The summed E-state index contributed by atoms with van der Waals surface area (Å²) in [4.78, 5) is 12.5. The summed E-state index contributed by atoms with van der Waals surface area (Å²) in [5.74, 6) is 3.48. The maximum atomic E-state index is 12.5. The lowest BCUT2D eigenvalue weighted by Gasteiger charge is -2.26. The van der Waals surface area contributed by atoms with Crippen molar-refractivity contribution in [1.29, 1.82) is 0 Å². The molecular formula is C14H16O2S2. The van der Waals surface area contributed by atoms with Gasteiger partial charge in [0, 0.05) is 28.7 Å². The molecule has 0 amide bonds. The molecule has 0 radical (unpaired) electrons. The molecular weight excluding hydrogens is 264 g/mol. The Kier molecular flexibility index (Phi) is 3.57. The molecule has 0 saturated carbocycles. The zero-order valence-electron chi connectivity index (χ0n) is 10.3. The molecule has 0 N–H and O–H groups in total. The van der Waals surface area contributed by atoms with Gasteiger partial charge in [0.15, 0.2) is 5.78 Å². The molecule has 2 aliphatic rings. The largest absolute Gasteiger partial charge is 0.493 e. The van der Waals surface area contributed by atoms with Crippen LogP contribution in [-0.2, 0) is 6.42 Å². The highest BCUT2D eigenvalue weighted by molar-refractivity contribution is 8.07. The number of ketones is 1. The van der Waals surface area contributed by atoms with Crippen molar-refractivity contribution in [2.45, 2.75) is 23.8 Å². The quantitative estimate of drug-likeness (QED) is 0.778. The van der Waals surface area contributed by atoms with E-state index in [0.717, 1.165) is 35.8 Å². The molecule has 1 aromatic rings. The molecule has 96 valence electrons. The summed E-state index contributed by atoms with van der Waals surface area (Å²) < 4.78 is 5.48. The molecule has 2 aliphatic heterocycles. The number of fused-ring (bicyclic) bond motifs is 1. The number of hydrogen-bond acceptors (Lipinski definition) is 4. The van der Waals surface area contributed by atoms with Gasteiger partial charge in [-0.2, -0.15) is 11.8 Å². The van der Waals surface area contributed by atoms with E-state index in [-0.39, 0.29) is 11.0 Å². The van der Waals surface area contributed by atoms with Gasteiger partial charge < -0.3 is 4.74 Å². The van der Waals surface area contributed by atoms with Gasteiger partial charge in [0.25, 0.3) is 0 Å². The fourth-order valence-corrected chi connectivity index (χ4v) is 5.15. The Morgan fingerprint density at radius 1 is 1.33 bits per heavy atom. The van der Waals surface area contributed by atoms with Crippen LogP contribution in [0.5, 0.6) is 5.75 Å². The minimum absolute atomic E-state index is 0.115. The lowest BCUT2D eigenvalue weighted by molar-refractivity contribution is 0.0989. The lowest BCUT2D eigenvalue weighted by Crippen LogP contribution is -2.31. The highest BCUT2D eigenvalue weighted by Crippen LogP contribution is 2.34. The molecule has 1 aromatic carbocycles. The number of hydrogen-bond donors (Lipinski definition) is 0. The van der Waals surface area contributed by atoms with Gasteiger partial charge >= 0.3 is 0 Å². The van der Waals surface area contributed by atoms with E-state index in [1.807, 2.05) is 30.0 Å². The molecule has 1 saturated heterocycles. The van der Waals surface area contributed by atoms with Crippen molar-refractivity contribution >= 4 is 29.3 Å². The van der Waals surface area contributed by atoms with E-state index >= 15 is 0 Å². The Hall–Kier alpha value is -0.610. The van der Waals surface area contributed by atoms with Gasteiger partial charge in [0.1, 0.15) is 5.75 Å². The van der Waals surface area contributed by atoms with Crippen LogP contribution < -0.4 is 4.74 Å².